The molecule has 1 aromatic carbocycles. The number of methoxy groups -OCH3 is 2. The van der Waals surface area contributed by atoms with E-state index in [2.05, 4.69) is 41.9 Å². The third kappa shape index (κ3) is 2.64. The maximum atomic E-state index is 5.40. The summed E-state index contributed by atoms with van der Waals surface area (Å²) in [4.78, 5) is 0. The van der Waals surface area contributed by atoms with E-state index in [1.807, 2.05) is 11.8 Å². The predicted octanol–water partition coefficient (Wildman–Crippen LogP) is 4.21. The van der Waals surface area contributed by atoms with Gasteiger partial charge in [-0.05, 0) is 29.7 Å². The quantitative estimate of drug-likeness (QED) is 0.773. The number of rotatable bonds is 3. The molecule has 1 atom stereocenters. The fourth-order valence-corrected chi connectivity index (χ4v) is 4.62. The first-order valence-electron chi connectivity index (χ1n) is 5.99. The Hall–Kier alpha value is -0.350. The summed E-state index contributed by atoms with van der Waals surface area (Å²) < 4.78 is 11.1. The van der Waals surface area contributed by atoms with Gasteiger partial charge >= 0.3 is 0 Å². The Morgan fingerprint density at radius 3 is 2.44 bits per heavy atom. The van der Waals surface area contributed by atoms with E-state index in [-0.39, 0.29) is 4.75 Å². The molecule has 0 fully saturated rings. The van der Waals surface area contributed by atoms with Gasteiger partial charge in [0.25, 0.3) is 0 Å². The van der Waals surface area contributed by atoms with Crippen molar-refractivity contribution >= 4 is 27.7 Å². The van der Waals surface area contributed by atoms with E-state index < -0.39 is 0 Å². The van der Waals surface area contributed by atoms with Gasteiger partial charge in [-0.15, -0.1) is 11.8 Å². The number of halogens is 1. The largest absolute Gasteiger partial charge is 0.493 e. The summed E-state index contributed by atoms with van der Waals surface area (Å²) in [6, 6.07) is 4.26. The molecule has 0 N–H and O–H groups in total. The highest BCUT2D eigenvalue weighted by molar-refractivity contribution is 9.09. The zero-order valence-corrected chi connectivity index (χ0v) is 13.7. The monoisotopic (exact) mass is 330 g/mol. The number of hydrogen-bond donors (Lipinski definition) is 0. The highest BCUT2D eigenvalue weighted by Gasteiger charge is 2.33. The SMILES string of the molecule is COc1cc2c(cc1OC)C(CBr)SC(C)(C)C2. The summed E-state index contributed by atoms with van der Waals surface area (Å²) >= 11 is 5.64. The lowest BCUT2D eigenvalue weighted by Crippen LogP contribution is -2.26. The van der Waals surface area contributed by atoms with E-state index >= 15 is 0 Å². The summed E-state index contributed by atoms with van der Waals surface area (Å²) in [5, 5.41) is 1.44. The van der Waals surface area contributed by atoms with Crippen LogP contribution in [0.4, 0.5) is 0 Å². The van der Waals surface area contributed by atoms with Gasteiger partial charge in [0.1, 0.15) is 0 Å². The van der Waals surface area contributed by atoms with Crippen LogP contribution >= 0.6 is 27.7 Å². The third-order valence-corrected chi connectivity index (χ3v) is 5.77. The number of fused-ring (bicyclic) bond motifs is 1. The average molecular weight is 331 g/mol. The highest BCUT2D eigenvalue weighted by atomic mass is 79.9. The molecule has 0 amide bonds. The lowest BCUT2D eigenvalue weighted by Gasteiger charge is -2.36. The molecule has 0 radical (unpaired) electrons. The van der Waals surface area contributed by atoms with E-state index in [0.29, 0.717) is 5.25 Å². The van der Waals surface area contributed by atoms with Gasteiger partial charge in [-0.25, -0.2) is 0 Å². The van der Waals surface area contributed by atoms with Crippen molar-refractivity contribution in [1.82, 2.24) is 0 Å². The predicted molar refractivity (Wildman–Crippen MR) is 81.5 cm³/mol. The van der Waals surface area contributed by atoms with Gasteiger partial charge in [0, 0.05) is 15.3 Å². The Balaban J connectivity index is 2.51. The lowest BCUT2D eigenvalue weighted by atomic mass is 9.94. The lowest BCUT2D eigenvalue weighted by molar-refractivity contribution is 0.353. The van der Waals surface area contributed by atoms with E-state index in [1.54, 1.807) is 14.2 Å². The maximum Gasteiger partial charge on any atom is 0.161 e. The standard InChI is InChI=1S/C14H19BrO2S/c1-14(2)7-9-5-11(16-3)12(17-4)6-10(9)13(8-15)18-14/h5-6,13H,7-8H2,1-4H3. The molecule has 1 aliphatic rings. The molecule has 0 aromatic heterocycles. The zero-order valence-electron chi connectivity index (χ0n) is 11.2. The summed E-state index contributed by atoms with van der Waals surface area (Å²) in [5.41, 5.74) is 2.75. The Bertz CT molecular complexity index is 446. The fourth-order valence-electron chi connectivity index (χ4n) is 2.45. The molecular formula is C14H19BrO2S. The van der Waals surface area contributed by atoms with Gasteiger partial charge < -0.3 is 9.47 Å². The minimum atomic E-state index is 0.269. The summed E-state index contributed by atoms with van der Waals surface area (Å²) in [7, 11) is 3.38. The van der Waals surface area contributed by atoms with Crippen molar-refractivity contribution in [2.75, 3.05) is 19.5 Å². The Kier molecular flexibility index (Phi) is 4.17. The first kappa shape index (κ1) is 14.1. The van der Waals surface area contributed by atoms with Gasteiger partial charge in [-0.2, -0.15) is 0 Å². The fraction of sp³-hybridized carbons (Fsp3) is 0.571. The Morgan fingerprint density at radius 2 is 1.89 bits per heavy atom. The van der Waals surface area contributed by atoms with Gasteiger partial charge in [-0.3, -0.25) is 0 Å². The number of ether oxygens (including phenoxy) is 2. The van der Waals surface area contributed by atoms with Crippen molar-refractivity contribution < 1.29 is 9.47 Å². The topological polar surface area (TPSA) is 18.5 Å². The Labute approximate surface area is 122 Å². The van der Waals surface area contributed by atoms with Crippen molar-refractivity contribution in [3.8, 4) is 11.5 Å². The van der Waals surface area contributed by atoms with Crippen molar-refractivity contribution in [3.05, 3.63) is 23.3 Å². The second-order valence-corrected chi connectivity index (χ2v) is 7.66. The number of hydrogen-bond acceptors (Lipinski definition) is 3. The molecule has 2 rings (SSSR count). The van der Waals surface area contributed by atoms with Crippen LogP contribution in [0.25, 0.3) is 0 Å². The van der Waals surface area contributed by atoms with Crippen LogP contribution in [-0.2, 0) is 6.42 Å². The highest BCUT2D eigenvalue weighted by Crippen LogP contribution is 2.49. The molecule has 100 valence electrons. The van der Waals surface area contributed by atoms with Crippen molar-refractivity contribution in [1.29, 1.82) is 0 Å². The van der Waals surface area contributed by atoms with E-state index in [0.717, 1.165) is 23.2 Å². The van der Waals surface area contributed by atoms with E-state index in [4.69, 9.17) is 9.47 Å². The second kappa shape index (κ2) is 5.33. The van der Waals surface area contributed by atoms with Crippen LogP contribution in [0.2, 0.25) is 0 Å². The molecule has 2 nitrogen and oxygen atoms in total. The molecule has 1 unspecified atom stereocenters. The van der Waals surface area contributed by atoms with Crippen LogP contribution in [0, 0.1) is 0 Å². The molecule has 1 heterocycles. The van der Waals surface area contributed by atoms with Crippen LogP contribution in [0.5, 0.6) is 11.5 Å². The smallest absolute Gasteiger partial charge is 0.161 e. The van der Waals surface area contributed by atoms with Crippen molar-refractivity contribution in [2.45, 2.75) is 30.3 Å². The molecule has 1 aliphatic heterocycles. The first-order valence-corrected chi connectivity index (χ1v) is 7.99. The maximum absolute atomic E-state index is 5.40. The minimum Gasteiger partial charge on any atom is -0.493 e. The molecule has 1 aromatic rings. The molecule has 0 saturated carbocycles. The molecular weight excluding hydrogens is 312 g/mol. The van der Waals surface area contributed by atoms with Crippen LogP contribution in [0.15, 0.2) is 12.1 Å². The van der Waals surface area contributed by atoms with Gasteiger partial charge in [-0.1, -0.05) is 29.8 Å². The third-order valence-electron chi connectivity index (χ3n) is 3.21. The van der Waals surface area contributed by atoms with Crippen LogP contribution in [-0.4, -0.2) is 24.3 Å². The molecule has 18 heavy (non-hydrogen) atoms. The van der Waals surface area contributed by atoms with E-state index in [9.17, 15) is 0 Å². The second-order valence-electron chi connectivity index (χ2n) is 5.10. The summed E-state index contributed by atoms with van der Waals surface area (Å²) in [5.74, 6) is 1.65. The minimum absolute atomic E-state index is 0.269. The average Bonchev–Trinajstić information content (AvgIpc) is 2.35. The number of alkyl halides is 1. The Morgan fingerprint density at radius 1 is 1.28 bits per heavy atom. The van der Waals surface area contributed by atoms with Gasteiger partial charge in [0.15, 0.2) is 11.5 Å². The van der Waals surface area contributed by atoms with Crippen molar-refractivity contribution in [2.24, 2.45) is 0 Å². The van der Waals surface area contributed by atoms with Crippen LogP contribution in [0.3, 0.4) is 0 Å². The number of benzene rings is 1. The normalized spacial score (nSPS) is 21.3. The summed E-state index contributed by atoms with van der Waals surface area (Å²) in [6.07, 6.45) is 1.07. The van der Waals surface area contributed by atoms with E-state index in [1.165, 1.54) is 11.1 Å². The molecule has 4 heteroatoms. The van der Waals surface area contributed by atoms with Crippen LogP contribution < -0.4 is 9.47 Å². The van der Waals surface area contributed by atoms with Crippen molar-refractivity contribution in [3.63, 3.8) is 0 Å². The molecule has 0 saturated heterocycles. The van der Waals surface area contributed by atoms with Crippen LogP contribution in [0.1, 0.15) is 30.2 Å². The van der Waals surface area contributed by atoms with Gasteiger partial charge in [0.2, 0.25) is 0 Å². The first-order chi connectivity index (χ1) is 8.50. The molecule has 0 bridgehead atoms. The molecule has 0 spiro atoms. The number of thioether (sulfide) groups is 1. The molecule has 0 aliphatic carbocycles. The van der Waals surface area contributed by atoms with Gasteiger partial charge in [0.05, 0.1) is 14.2 Å². The summed E-state index contributed by atoms with van der Waals surface area (Å²) in [6.45, 7) is 4.60. The zero-order chi connectivity index (χ0) is 13.3.